The lowest BCUT2D eigenvalue weighted by molar-refractivity contribution is -0.221. The summed E-state index contributed by atoms with van der Waals surface area (Å²) in [4.78, 5) is 12.7. The topological polar surface area (TPSA) is 26.3 Å². The number of carbonyl (C=O) groups is 1. The van der Waals surface area contributed by atoms with Gasteiger partial charge in [0.2, 0.25) is 0 Å². The highest BCUT2D eigenvalue weighted by atomic mass is 16.5. The van der Waals surface area contributed by atoms with E-state index in [0.717, 1.165) is 43.6 Å². The molecule has 2 nitrogen and oxygen atoms in total. The van der Waals surface area contributed by atoms with Crippen molar-refractivity contribution in [3.05, 3.63) is 0 Å². The minimum absolute atomic E-state index is 0.272. The highest BCUT2D eigenvalue weighted by Crippen LogP contribution is 2.77. The maximum absolute atomic E-state index is 12.7. The van der Waals surface area contributed by atoms with Gasteiger partial charge in [-0.25, -0.2) is 0 Å². The maximum atomic E-state index is 12.7. The molecule has 6 fully saturated rings. The average molecular weight is 399 g/mol. The van der Waals surface area contributed by atoms with E-state index in [0.29, 0.717) is 39.5 Å². The van der Waals surface area contributed by atoms with Crippen LogP contribution in [0.4, 0.5) is 0 Å². The molecule has 9 atom stereocenters. The first-order valence-electron chi connectivity index (χ1n) is 12.7. The van der Waals surface area contributed by atoms with Gasteiger partial charge in [-0.2, -0.15) is 0 Å². The Morgan fingerprint density at radius 2 is 1.59 bits per heavy atom. The molecule has 0 radical (unpaired) electrons. The fourth-order valence-corrected chi connectivity index (χ4v) is 10.8. The van der Waals surface area contributed by atoms with E-state index < -0.39 is 0 Å². The van der Waals surface area contributed by atoms with Crippen molar-refractivity contribution in [2.45, 2.75) is 105 Å². The van der Waals surface area contributed by atoms with Crippen molar-refractivity contribution in [2.75, 3.05) is 6.61 Å². The number of ketones is 1. The predicted octanol–water partition coefficient (Wildman–Crippen LogP) is 6.42. The summed E-state index contributed by atoms with van der Waals surface area (Å²) < 4.78 is 6.65. The smallest absolute Gasteiger partial charge is 0.136 e. The number of Topliss-reactive ketones (excluding diaryl/α,β-unsaturated/α-hetero) is 1. The summed E-state index contributed by atoms with van der Waals surface area (Å²) in [6.45, 7) is 13.9. The lowest BCUT2D eigenvalue weighted by Gasteiger charge is -2.70. The third-order valence-corrected chi connectivity index (χ3v) is 12.7. The minimum Gasteiger partial charge on any atom is -0.377 e. The molecule has 2 bridgehead atoms. The molecule has 0 aromatic rings. The lowest BCUT2D eigenvalue weighted by Crippen LogP contribution is -2.65. The molecule has 1 heterocycles. The molecule has 5 aliphatic carbocycles. The van der Waals surface area contributed by atoms with Gasteiger partial charge >= 0.3 is 0 Å². The second kappa shape index (κ2) is 5.51. The first kappa shape index (κ1) is 19.3. The number of hydrogen-bond donors (Lipinski definition) is 0. The van der Waals surface area contributed by atoms with E-state index in [-0.39, 0.29) is 5.41 Å². The van der Waals surface area contributed by atoms with Crippen molar-refractivity contribution in [3.8, 4) is 0 Å². The Morgan fingerprint density at radius 3 is 2.38 bits per heavy atom. The molecular formula is C27H42O2. The molecule has 29 heavy (non-hydrogen) atoms. The van der Waals surface area contributed by atoms with Crippen LogP contribution in [-0.2, 0) is 9.53 Å². The minimum atomic E-state index is 0.272. The van der Waals surface area contributed by atoms with Crippen LogP contribution >= 0.6 is 0 Å². The average Bonchev–Trinajstić information content (AvgIpc) is 3.16. The van der Waals surface area contributed by atoms with Crippen molar-refractivity contribution < 1.29 is 9.53 Å². The normalized spacial score (nSPS) is 60.2. The number of rotatable bonds is 0. The van der Waals surface area contributed by atoms with Crippen molar-refractivity contribution in [1.82, 2.24) is 0 Å². The molecule has 162 valence electrons. The highest BCUT2D eigenvalue weighted by Gasteiger charge is 2.72. The number of fused-ring (bicyclic) bond motifs is 5. The summed E-state index contributed by atoms with van der Waals surface area (Å²) in [5, 5.41) is 0. The van der Waals surface area contributed by atoms with Crippen LogP contribution in [0.1, 0.15) is 98.8 Å². The van der Waals surface area contributed by atoms with Crippen LogP contribution in [0, 0.1) is 50.7 Å². The Morgan fingerprint density at radius 1 is 0.828 bits per heavy atom. The van der Waals surface area contributed by atoms with Gasteiger partial charge in [0.25, 0.3) is 0 Å². The predicted molar refractivity (Wildman–Crippen MR) is 115 cm³/mol. The van der Waals surface area contributed by atoms with Gasteiger partial charge in [-0.3, -0.25) is 4.79 Å². The van der Waals surface area contributed by atoms with Crippen molar-refractivity contribution in [3.63, 3.8) is 0 Å². The summed E-state index contributed by atoms with van der Waals surface area (Å²) >= 11 is 0. The fourth-order valence-electron chi connectivity index (χ4n) is 10.8. The van der Waals surface area contributed by atoms with Crippen molar-refractivity contribution >= 4 is 5.78 Å². The molecule has 0 N–H and O–H groups in total. The summed E-state index contributed by atoms with van der Waals surface area (Å²) in [6.07, 6.45) is 13.2. The molecular weight excluding hydrogens is 356 g/mol. The van der Waals surface area contributed by atoms with Gasteiger partial charge in [0.1, 0.15) is 5.78 Å². The standard InChI is InChI=1S/C27H42O2/c1-23(2)12-14-27-15-13-25(4)18(21(27)22(23)29-16-27)6-7-20-24(3)10-9-19(28)17(24)8-11-26(20,25)5/h17-18,20-22H,6-16H2,1-5H3. The Labute approximate surface area is 177 Å². The van der Waals surface area contributed by atoms with E-state index >= 15 is 0 Å². The fraction of sp³-hybridized carbons (Fsp3) is 0.963. The number of ether oxygens (including phenoxy) is 1. The summed E-state index contributed by atoms with van der Waals surface area (Å²) in [6, 6.07) is 0. The SMILES string of the molecule is CC1(C)CCC23CCC4(C)C(CCC5C6(C)CCC(=O)C6CCC54C)C2C1OC3. The molecule has 1 aliphatic heterocycles. The largest absolute Gasteiger partial charge is 0.377 e. The quantitative estimate of drug-likeness (QED) is 0.470. The zero-order valence-electron chi connectivity index (χ0n) is 19.5. The van der Waals surface area contributed by atoms with Gasteiger partial charge in [0.15, 0.2) is 0 Å². The molecule has 6 rings (SSSR count). The van der Waals surface area contributed by atoms with E-state index in [9.17, 15) is 4.79 Å². The van der Waals surface area contributed by atoms with E-state index in [1.54, 1.807) is 0 Å². The first-order valence-corrected chi connectivity index (χ1v) is 12.7. The Kier molecular flexibility index (Phi) is 3.67. The zero-order chi connectivity index (χ0) is 20.4. The second-order valence-electron chi connectivity index (χ2n) is 13.7. The summed E-state index contributed by atoms with van der Waals surface area (Å²) in [5.41, 5.74) is 1.91. The van der Waals surface area contributed by atoms with Crippen LogP contribution in [0.5, 0.6) is 0 Å². The van der Waals surface area contributed by atoms with Crippen LogP contribution in [0.3, 0.4) is 0 Å². The molecule has 2 heteroatoms. The van der Waals surface area contributed by atoms with Crippen molar-refractivity contribution in [2.24, 2.45) is 50.7 Å². The summed E-state index contributed by atoms with van der Waals surface area (Å²) in [7, 11) is 0. The van der Waals surface area contributed by atoms with Crippen LogP contribution in [0.15, 0.2) is 0 Å². The third-order valence-electron chi connectivity index (χ3n) is 12.7. The number of carbonyl (C=O) groups excluding carboxylic acids is 1. The maximum Gasteiger partial charge on any atom is 0.136 e. The number of hydrogen-bond acceptors (Lipinski definition) is 2. The second-order valence-corrected chi connectivity index (χ2v) is 13.7. The third kappa shape index (κ3) is 2.07. The summed E-state index contributed by atoms with van der Waals surface area (Å²) in [5.74, 6) is 3.29. The molecule has 9 unspecified atom stereocenters. The van der Waals surface area contributed by atoms with E-state index in [1.807, 2.05) is 0 Å². The molecule has 0 spiro atoms. The molecule has 6 aliphatic rings. The zero-order valence-corrected chi connectivity index (χ0v) is 19.5. The van der Waals surface area contributed by atoms with E-state index in [1.165, 1.54) is 44.9 Å². The molecule has 0 aromatic heterocycles. The lowest BCUT2D eigenvalue weighted by atomic mass is 9.33. The van der Waals surface area contributed by atoms with Crippen LogP contribution in [-0.4, -0.2) is 18.5 Å². The van der Waals surface area contributed by atoms with E-state index in [2.05, 4.69) is 34.6 Å². The van der Waals surface area contributed by atoms with Gasteiger partial charge in [-0.15, -0.1) is 0 Å². The molecule has 0 aromatic carbocycles. The van der Waals surface area contributed by atoms with Gasteiger partial charge in [0, 0.05) is 12.3 Å². The molecule has 1 saturated heterocycles. The molecule has 5 saturated carbocycles. The monoisotopic (exact) mass is 398 g/mol. The highest BCUT2D eigenvalue weighted by molar-refractivity contribution is 5.84. The van der Waals surface area contributed by atoms with Crippen LogP contribution in [0.25, 0.3) is 0 Å². The molecule has 0 amide bonds. The Balaban J connectivity index is 1.42. The Hall–Kier alpha value is -0.370. The van der Waals surface area contributed by atoms with Crippen LogP contribution < -0.4 is 0 Å². The Bertz CT molecular complexity index is 756. The van der Waals surface area contributed by atoms with Gasteiger partial charge in [-0.1, -0.05) is 34.6 Å². The van der Waals surface area contributed by atoms with Crippen LogP contribution in [0.2, 0.25) is 0 Å². The van der Waals surface area contributed by atoms with Gasteiger partial charge in [0.05, 0.1) is 12.7 Å². The van der Waals surface area contributed by atoms with Gasteiger partial charge in [-0.05, 0) is 103 Å². The van der Waals surface area contributed by atoms with Crippen molar-refractivity contribution in [1.29, 1.82) is 0 Å². The van der Waals surface area contributed by atoms with E-state index in [4.69, 9.17) is 4.74 Å². The van der Waals surface area contributed by atoms with Gasteiger partial charge < -0.3 is 4.74 Å². The first-order chi connectivity index (χ1) is 13.6.